The minimum atomic E-state index is -1.31. The maximum atomic E-state index is 11.9. The largest absolute Gasteiger partial charge is 0.480 e. The van der Waals surface area contributed by atoms with Gasteiger partial charge in [-0.15, -0.1) is 0 Å². The smallest absolute Gasteiger partial charge is 0.451 e. The Bertz CT molecular complexity index is 430. The molecule has 0 aromatic rings. The van der Waals surface area contributed by atoms with Gasteiger partial charge >= 0.3 is 13.1 Å². The number of carbonyl (C=O) groups is 1. The SMILES string of the molecule is N[C@]1(C(=O)O)C[C@H](CCB(O)O)CCC1CN1C2CCC1CC2. The molecule has 0 radical (unpaired) electrons. The summed E-state index contributed by atoms with van der Waals surface area (Å²) in [6, 6.07) is 1.28. The van der Waals surface area contributed by atoms with Crippen LogP contribution in [0.15, 0.2) is 0 Å². The van der Waals surface area contributed by atoms with Crippen LogP contribution >= 0.6 is 0 Å². The summed E-state index contributed by atoms with van der Waals surface area (Å²) in [5.41, 5.74) is 5.21. The molecule has 5 N–H and O–H groups in total. The summed E-state index contributed by atoms with van der Waals surface area (Å²) in [6.07, 6.45) is 8.13. The number of rotatable bonds is 6. The summed E-state index contributed by atoms with van der Waals surface area (Å²) < 4.78 is 0. The van der Waals surface area contributed by atoms with E-state index < -0.39 is 18.6 Å². The van der Waals surface area contributed by atoms with Crippen molar-refractivity contribution in [2.75, 3.05) is 6.54 Å². The van der Waals surface area contributed by atoms with Crippen molar-refractivity contribution in [1.29, 1.82) is 0 Å². The van der Waals surface area contributed by atoms with Crippen LogP contribution < -0.4 is 5.73 Å². The Balaban J connectivity index is 1.64. The molecule has 0 aromatic carbocycles. The van der Waals surface area contributed by atoms with E-state index >= 15 is 0 Å². The second kappa shape index (κ2) is 6.71. The highest BCUT2D eigenvalue weighted by atomic mass is 16.4. The third-order valence-electron chi connectivity index (χ3n) is 6.55. The maximum Gasteiger partial charge on any atom is 0.451 e. The van der Waals surface area contributed by atoms with E-state index in [1.54, 1.807) is 0 Å². The van der Waals surface area contributed by atoms with Crippen LogP contribution in [0.5, 0.6) is 0 Å². The standard InChI is InChI=1S/C16H29BN2O4/c18-16(15(20)21)9-11(7-8-17(22)23)1-2-12(16)10-19-13-3-4-14(19)6-5-13/h11-14,22-23H,1-10,18H2,(H,20,21)/t11-,12?,13?,14?,16+/m0/s1. The predicted octanol–water partition coefficient (Wildman–Crippen LogP) is 0.674. The van der Waals surface area contributed by atoms with Crippen LogP contribution in [0.25, 0.3) is 0 Å². The lowest BCUT2D eigenvalue weighted by Gasteiger charge is -2.43. The van der Waals surface area contributed by atoms with Crippen molar-refractivity contribution in [3.63, 3.8) is 0 Å². The lowest BCUT2D eigenvalue weighted by molar-refractivity contribution is -0.148. The molecule has 2 heterocycles. The number of carboxylic acids is 1. The Labute approximate surface area is 138 Å². The van der Waals surface area contributed by atoms with E-state index in [9.17, 15) is 9.90 Å². The molecule has 0 spiro atoms. The zero-order valence-electron chi connectivity index (χ0n) is 13.7. The fraction of sp³-hybridized carbons (Fsp3) is 0.938. The highest BCUT2D eigenvalue weighted by Crippen LogP contribution is 2.43. The molecule has 2 bridgehead atoms. The summed E-state index contributed by atoms with van der Waals surface area (Å²) in [5, 5.41) is 27.8. The van der Waals surface area contributed by atoms with Gasteiger partial charge in [0.15, 0.2) is 0 Å². The van der Waals surface area contributed by atoms with Crippen molar-refractivity contribution in [1.82, 2.24) is 4.90 Å². The van der Waals surface area contributed by atoms with Crippen molar-refractivity contribution in [3.8, 4) is 0 Å². The van der Waals surface area contributed by atoms with Gasteiger partial charge in [0, 0.05) is 24.5 Å². The summed E-state index contributed by atoms with van der Waals surface area (Å²) >= 11 is 0. The molecule has 1 unspecified atom stereocenters. The molecule has 3 atom stereocenters. The van der Waals surface area contributed by atoms with Gasteiger partial charge in [0.05, 0.1) is 0 Å². The molecule has 0 aromatic heterocycles. The van der Waals surface area contributed by atoms with E-state index in [1.807, 2.05) is 0 Å². The summed E-state index contributed by atoms with van der Waals surface area (Å²) in [4.78, 5) is 14.4. The van der Waals surface area contributed by atoms with E-state index in [-0.39, 0.29) is 11.8 Å². The average molecular weight is 324 g/mol. The zero-order valence-corrected chi connectivity index (χ0v) is 13.7. The molecule has 23 heavy (non-hydrogen) atoms. The molecule has 1 saturated carbocycles. The van der Waals surface area contributed by atoms with E-state index in [0.717, 1.165) is 19.4 Å². The van der Waals surface area contributed by atoms with E-state index in [1.165, 1.54) is 25.7 Å². The molecule has 0 amide bonds. The first-order valence-electron chi connectivity index (χ1n) is 9.04. The topological polar surface area (TPSA) is 107 Å². The second-order valence-electron chi connectivity index (χ2n) is 7.91. The lowest BCUT2D eigenvalue weighted by Crippen LogP contribution is -2.60. The second-order valence-corrected chi connectivity index (χ2v) is 7.91. The van der Waals surface area contributed by atoms with Gasteiger partial charge in [0.1, 0.15) is 5.54 Å². The number of nitrogens with two attached hydrogens (primary N) is 1. The Morgan fingerprint density at radius 3 is 2.26 bits per heavy atom. The monoisotopic (exact) mass is 324 g/mol. The molecular formula is C16H29BN2O4. The van der Waals surface area contributed by atoms with Gasteiger partial charge in [0.25, 0.3) is 0 Å². The molecule has 2 aliphatic heterocycles. The van der Waals surface area contributed by atoms with Crippen LogP contribution in [0, 0.1) is 11.8 Å². The Kier molecular flexibility index (Phi) is 5.02. The first-order chi connectivity index (χ1) is 10.9. The van der Waals surface area contributed by atoms with E-state index in [4.69, 9.17) is 15.8 Å². The van der Waals surface area contributed by atoms with Crippen molar-refractivity contribution >= 4 is 13.1 Å². The zero-order chi connectivity index (χ0) is 16.6. The molecule has 2 saturated heterocycles. The molecule has 6 nitrogen and oxygen atoms in total. The van der Waals surface area contributed by atoms with Crippen molar-refractivity contribution in [3.05, 3.63) is 0 Å². The first kappa shape index (κ1) is 17.2. The summed E-state index contributed by atoms with van der Waals surface area (Å²) in [6.45, 7) is 0.813. The van der Waals surface area contributed by atoms with Crippen LogP contribution in [0.1, 0.15) is 51.4 Å². The number of aliphatic carboxylic acids is 1. The Morgan fingerprint density at radius 2 is 1.74 bits per heavy atom. The molecule has 3 fully saturated rings. The van der Waals surface area contributed by atoms with Gasteiger partial charge in [-0.25, -0.2) is 0 Å². The van der Waals surface area contributed by atoms with Crippen molar-refractivity contribution in [2.24, 2.45) is 17.6 Å². The van der Waals surface area contributed by atoms with Gasteiger partial charge in [0.2, 0.25) is 0 Å². The third-order valence-corrected chi connectivity index (χ3v) is 6.55. The molecular weight excluding hydrogens is 295 g/mol. The number of hydrogen-bond donors (Lipinski definition) is 4. The molecule has 3 rings (SSSR count). The van der Waals surface area contributed by atoms with Gasteiger partial charge < -0.3 is 20.9 Å². The first-order valence-corrected chi connectivity index (χ1v) is 9.04. The molecule has 3 aliphatic rings. The Hall–Kier alpha value is -0.625. The average Bonchev–Trinajstić information content (AvgIpc) is 3.07. The highest BCUT2D eigenvalue weighted by molar-refractivity contribution is 6.40. The molecule has 130 valence electrons. The normalized spacial score (nSPS) is 40.5. The highest BCUT2D eigenvalue weighted by Gasteiger charge is 2.49. The molecule has 1 aliphatic carbocycles. The van der Waals surface area contributed by atoms with Crippen molar-refractivity contribution in [2.45, 2.75) is 75.3 Å². The van der Waals surface area contributed by atoms with Crippen LogP contribution in [0.2, 0.25) is 6.32 Å². The van der Waals surface area contributed by atoms with Crippen LogP contribution in [0.3, 0.4) is 0 Å². The number of hydrogen-bond acceptors (Lipinski definition) is 5. The van der Waals surface area contributed by atoms with Gasteiger partial charge in [-0.05, 0) is 57.2 Å². The Morgan fingerprint density at radius 1 is 1.13 bits per heavy atom. The predicted molar refractivity (Wildman–Crippen MR) is 87.8 cm³/mol. The molecule has 7 heteroatoms. The summed E-state index contributed by atoms with van der Waals surface area (Å²) in [7, 11) is -1.31. The van der Waals surface area contributed by atoms with E-state index in [0.29, 0.717) is 31.2 Å². The minimum Gasteiger partial charge on any atom is -0.480 e. The van der Waals surface area contributed by atoms with Gasteiger partial charge in [-0.2, -0.15) is 0 Å². The van der Waals surface area contributed by atoms with Gasteiger partial charge in [-0.1, -0.05) is 6.42 Å². The fourth-order valence-corrected chi connectivity index (χ4v) is 5.16. The van der Waals surface area contributed by atoms with Crippen LogP contribution in [-0.2, 0) is 4.79 Å². The quantitative estimate of drug-likeness (QED) is 0.535. The van der Waals surface area contributed by atoms with Crippen LogP contribution in [0.4, 0.5) is 0 Å². The maximum absolute atomic E-state index is 11.9. The third kappa shape index (κ3) is 3.43. The summed E-state index contributed by atoms with van der Waals surface area (Å²) in [5.74, 6) is -0.732. The van der Waals surface area contributed by atoms with Crippen molar-refractivity contribution < 1.29 is 19.9 Å². The van der Waals surface area contributed by atoms with Gasteiger partial charge in [-0.3, -0.25) is 9.69 Å². The van der Waals surface area contributed by atoms with Crippen LogP contribution in [-0.4, -0.2) is 57.3 Å². The fourth-order valence-electron chi connectivity index (χ4n) is 5.16. The number of carboxylic acid groups (broad SMARTS) is 1. The number of nitrogens with zero attached hydrogens (tertiary/aromatic N) is 1. The lowest BCUT2D eigenvalue weighted by atomic mass is 9.66. The minimum absolute atomic E-state index is 0.00324. The van der Waals surface area contributed by atoms with E-state index in [2.05, 4.69) is 4.90 Å². The number of fused-ring (bicyclic) bond motifs is 2.